The quantitative estimate of drug-likeness (QED) is 0.424. The highest BCUT2D eigenvalue weighted by atomic mass is 35.5. The molecular weight excluding hydrogens is 414 g/mol. The lowest BCUT2D eigenvalue weighted by molar-refractivity contribution is 0.0317. The van der Waals surface area contributed by atoms with Crippen molar-refractivity contribution in [1.82, 2.24) is 19.5 Å². The summed E-state index contributed by atoms with van der Waals surface area (Å²) in [5.41, 5.74) is 10.1. The molecule has 0 bridgehead atoms. The summed E-state index contributed by atoms with van der Waals surface area (Å²) in [6, 6.07) is 9.34. The van der Waals surface area contributed by atoms with Crippen LogP contribution in [-0.2, 0) is 6.42 Å². The van der Waals surface area contributed by atoms with Crippen molar-refractivity contribution in [2.24, 2.45) is 0 Å². The molecule has 5 rings (SSSR count). The van der Waals surface area contributed by atoms with E-state index in [-0.39, 0.29) is 6.04 Å². The van der Waals surface area contributed by atoms with Crippen LogP contribution in [0, 0.1) is 6.92 Å². The Morgan fingerprint density at radius 3 is 2.81 bits per heavy atom. The number of hydrogen-bond donors (Lipinski definition) is 3. The number of aromatic nitrogens is 4. The van der Waals surface area contributed by atoms with Crippen LogP contribution < -0.4 is 5.73 Å². The first-order valence-corrected chi connectivity index (χ1v) is 10.5. The van der Waals surface area contributed by atoms with Gasteiger partial charge in [0, 0.05) is 17.0 Å². The Hall–Kier alpha value is -3.00. The number of anilines is 1. The lowest BCUT2D eigenvalue weighted by Gasteiger charge is -2.19. The van der Waals surface area contributed by atoms with Crippen LogP contribution >= 0.6 is 11.6 Å². The maximum absolute atomic E-state index is 10.7. The van der Waals surface area contributed by atoms with Crippen molar-refractivity contribution >= 4 is 39.4 Å². The summed E-state index contributed by atoms with van der Waals surface area (Å²) in [4.78, 5) is 12.9. The van der Waals surface area contributed by atoms with Gasteiger partial charge in [0.05, 0.1) is 22.3 Å². The van der Waals surface area contributed by atoms with E-state index in [4.69, 9.17) is 17.3 Å². The minimum absolute atomic E-state index is 0.309. The van der Waals surface area contributed by atoms with Crippen LogP contribution in [0.4, 0.5) is 5.82 Å². The minimum atomic E-state index is -0.930. The summed E-state index contributed by atoms with van der Waals surface area (Å²) < 4.78 is 1.90. The predicted octanol–water partition coefficient (Wildman–Crippen LogP) is 3.36. The van der Waals surface area contributed by atoms with Gasteiger partial charge >= 0.3 is 0 Å². The largest absolute Gasteiger partial charge is 0.388 e. The second-order valence-corrected chi connectivity index (χ2v) is 8.38. The molecule has 0 aliphatic heterocycles. The smallest absolute Gasteiger partial charge is 0.144 e. The standard InChI is InChI=1S/C23H22ClN5O2/c1-12-16-6-7-29(23(16)27-11-26-12)19-10-15(20(30)21(19)31)5-3-13-2-4-14-9-17(24)22(25)28-18(14)8-13/h2,4,6-11,19-21,30-31H,3,5H2,1H3,(H2,25,28). The zero-order chi connectivity index (χ0) is 21.7. The fraction of sp³-hybridized carbons (Fsp3) is 0.261. The molecule has 0 radical (unpaired) electrons. The first-order valence-electron chi connectivity index (χ1n) is 10.1. The summed E-state index contributed by atoms with van der Waals surface area (Å²) in [6.07, 6.45) is 4.83. The Labute approximate surface area is 183 Å². The average Bonchev–Trinajstić information content (AvgIpc) is 3.30. The summed E-state index contributed by atoms with van der Waals surface area (Å²) in [5.74, 6) is 0.309. The summed E-state index contributed by atoms with van der Waals surface area (Å²) in [5, 5.41) is 23.7. The van der Waals surface area contributed by atoms with E-state index in [0.717, 1.165) is 38.8 Å². The van der Waals surface area contributed by atoms with E-state index in [1.54, 1.807) is 6.07 Å². The molecule has 4 N–H and O–H groups in total. The Balaban J connectivity index is 1.39. The van der Waals surface area contributed by atoms with Gasteiger partial charge in [-0.15, -0.1) is 0 Å². The molecule has 3 unspecified atom stereocenters. The molecule has 0 amide bonds. The second kappa shape index (κ2) is 7.60. The third kappa shape index (κ3) is 3.44. The van der Waals surface area contributed by atoms with Crippen molar-refractivity contribution in [2.45, 2.75) is 38.0 Å². The van der Waals surface area contributed by atoms with Crippen LogP contribution in [0.5, 0.6) is 0 Å². The lowest BCUT2D eigenvalue weighted by atomic mass is 10.0. The van der Waals surface area contributed by atoms with Gasteiger partial charge in [0.1, 0.15) is 30.0 Å². The molecule has 158 valence electrons. The number of pyridine rings is 1. The minimum Gasteiger partial charge on any atom is -0.388 e. The van der Waals surface area contributed by atoms with Crippen LogP contribution in [0.2, 0.25) is 5.02 Å². The van der Waals surface area contributed by atoms with Crippen LogP contribution in [0.25, 0.3) is 21.9 Å². The van der Waals surface area contributed by atoms with Crippen molar-refractivity contribution in [3.63, 3.8) is 0 Å². The number of nitrogen functional groups attached to an aromatic ring is 1. The fourth-order valence-electron chi connectivity index (χ4n) is 4.28. The van der Waals surface area contributed by atoms with Gasteiger partial charge in [-0.2, -0.15) is 0 Å². The first kappa shape index (κ1) is 19.9. The molecule has 4 aromatic rings. The zero-order valence-electron chi connectivity index (χ0n) is 16.9. The SMILES string of the molecule is Cc1ncnc2c1ccn2C1C=C(CCc2ccc3cc(Cl)c(N)nc3c2)C(O)C1O. The van der Waals surface area contributed by atoms with Crippen molar-refractivity contribution in [2.75, 3.05) is 5.73 Å². The summed E-state index contributed by atoms with van der Waals surface area (Å²) in [6.45, 7) is 1.93. The van der Waals surface area contributed by atoms with E-state index in [2.05, 4.69) is 15.0 Å². The van der Waals surface area contributed by atoms with Crippen molar-refractivity contribution in [3.8, 4) is 0 Å². The van der Waals surface area contributed by atoms with E-state index in [1.807, 2.05) is 48.0 Å². The molecule has 0 saturated carbocycles. The highest BCUT2D eigenvalue weighted by Gasteiger charge is 2.36. The monoisotopic (exact) mass is 435 g/mol. The van der Waals surface area contributed by atoms with E-state index in [0.29, 0.717) is 23.7 Å². The van der Waals surface area contributed by atoms with Crippen molar-refractivity contribution in [3.05, 3.63) is 70.8 Å². The number of halogens is 1. The normalized spacial score (nSPS) is 21.2. The predicted molar refractivity (Wildman–Crippen MR) is 121 cm³/mol. The number of nitrogens with two attached hydrogens (primary N) is 1. The van der Waals surface area contributed by atoms with E-state index in [9.17, 15) is 10.2 Å². The molecule has 3 heterocycles. The molecule has 0 spiro atoms. The van der Waals surface area contributed by atoms with Gasteiger partial charge in [-0.25, -0.2) is 15.0 Å². The molecule has 0 fully saturated rings. The van der Waals surface area contributed by atoms with Gasteiger partial charge in [0.15, 0.2) is 0 Å². The highest BCUT2D eigenvalue weighted by molar-refractivity contribution is 6.33. The molecule has 1 aliphatic rings. The molecule has 1 aromatic carbocycles. The summed E-state index contributed by atoms with van der Waals surface area (Å²) in [7, 11) is 0. The number of rotatable bonds is 4. The third-order valence-electron chi connectivity index (χ3n) is 6.03. The maximum atomic E-state index is 10.7. The molecule has 3 atom stereocenters. The van der Waals surface area contributed by atoms with Gasteiger partial charge in [-0.05, 0) is 49.1 Å². The van der Waals surface area contributed by atoms with Gasteiger partial charge in [-0.3, -0.25) is 0 Å². The van der Waals surface area contributed by atoms with Crippen LogP contribution in [0.1, 0.15) is 23.7 Å². The summed E-state index contributed by atoms with van der Waals surface area (Å²) >= 11 is 6.05. The van der Waals surface area contributed by atoms with E-state index in [1.165, 1.54) is 6.33 Å². The molecule has 1 aliphatic carbocycles. The molecule has 8 heteroatoms. The van der Waals surface area contributed by atoms with Gasteiger partial charge in [0.25, 0.3) is 0 Å². The Morgan fingerprint density at radius 2 is 1.97 bits per heavy atom. The number of aliphatic hydroxyl groups excluding tert-OH is 2. The van der Waals surface area contributed by atoms with E-state index < -0.39 is 12.2 Å². The van der Waals surface area contributed by atoms with Crippen LogP contribution in [0.3, 0.4) is 0 Å². The number of hydrogen-bond acceptors (Lipinski definition) is 6. The lowest BCUT2D eigenvalue weighted by Crippen LogP contribution is -2.29. The molecular formula is C23H22ClN5O2. The maximum Gasteiger partial charge on any atom is 0.144 e. The number of aliphatic hydroxyl groups is 2. The van der Waals surface area contributed by atoms with Crippen molar-refractivity contribution in [1.29, 1.82) is 0 Å². The Morgan fingerprint density at radius 1 is 1.13 bits per heavy atom. The molecule has 0 saturated heterocycles. The van der Waals surface area contributed by atoms with E-state index >= 15 is 0 Å². The number of nitrogens with zero attached hydrogens (tertiary/aromatic N) is 4. The second-order valence-electron chi connectivity index (χ2n) is 7.97. The van der Waals surface area contributed by atoms with Gasteiger partial charge in [-0.1, -0.05) is 29.8 Å². The number of benzene rings is 1. The first-order chi connectivity index (χ1) is 14.9. The third-order valence-corrected chi connectivity index (χ3v) is 6.34. The molecule has 3 aromatic heterocycles. The highest BCUT2D eigenvalue weighted by Crippen LogP contribution is 2.34. The van der Waals surface area contributed by atoms with Crippen LogP contribution in [0.15, 0.2) is 54.5 Å². The zero-order valence-corrected chi connectivity index (χ0v) is 17.7. The van der Waals surface area contributed by atoms with Gasteiger partial charge < -0.3 is 20.5 Å². The molecule has 31 heavy (non-hydrogen) atoms. The average molecular weight is 436 g/mol. The number of fused-ring (bicyclic) bond motifs is 2. The van der Waals surface area contributed by atoms with Crippen LogP contribution in [-0.4, -0.2) is 41.9 Å². The Bertz CT molecular complexity index is 1330. The van der Waals surface area contributed by atoms with Gasteiger partial charge in [0.2, 0.25) is 0 Å². The fourth-order valence-corrected chi connectivity index (χ4v) is 4.44. The van der Waals surface area contributed by atoms with Crippen molar-refractivity contribution < 1.29 is 10.2 Å². The number of aryl methyl sites for hydroxylation is 2. The molecule has 7 nitrogen and oxygen atoms in total. The Kier molecular flexibility index (Phi) is 4.89. The topological polar surface area (TPSA) is 110 Å².